The summed E-state index contributed by atoms with van der Waals surface area (Å²) in [6, 6.07) is 2.69. The molecule has 1 aromatic rings. The van der Waals surface area contributed by atoms with Gasteiger partial charge >= 0.3 is 0 Å². The molecule has 1 aromatic heterocycles. The Morgan fingerprint density at radius 3 is 2.50 bits per heavy atom. The Hall–Kier alpha value is -1.36. The first-order valence-corrected chi connectivity index (χ1v) is 6.45. The van der Waals surface area contributed by atoms with Crippen LogP contribution in [0.4, 0.5) is 0 Å². The molecule has 18 heavy (non-hydrogen) atoms. The van der Waals surface area contributed by atoms with Gasteiger partial charge in [-0.05, 0) is 27.0 Å². The Morgan fingerprint density at radius 1 is 1.44 bits per heavy atom. The van der Waals surface area contributed by atoms with Gasteiger partial charge in [-0.1, -0.05) is 13.8 Å². The molecule has 5 nitrogen and oxygen atoms in total. The predicted octanol–water partition coefficient (Wildman–Crippen LogP) is 1.59. The molecule has 1 unspecified atom stereocenters. The quantitative estimate of drug-likeness (QED) is 0.774. The first-order chi connectivity index (χ1) is 8.60. The fraction of sp³-hybridized carbons (Fsp3) is 0.692. The topological polar surface area (TPSA) is 50.2 Å². The number of aromatic nitrogens is 2. The second-order valence-electron chi connectivity index (χ2n) is 4.00. The van der Waals surface area contributed by atoms with Crippen molar-refractivity contribution in [2.45, 2.75) is 40.3 Å². The highest BCUT2D eigenvalue weighted by Crippen LogP contribution is 2.23. The molecule has 5 heteroatoms. The molecule has 104 valence electrons. The van der Waals surface area contributed by atoms with E-state index in [2.05, 4.69) is 47.0 Å². The number of hydrogen-bond donors (Lipinski definition) is 1. The van der Waals surface area contributed by atoms with Crippen LogP contribution in [-0.2, 0) is 11.3 Å². The summed E-state index contributed by atoms with van der Waals surface area (Å²) >= 11 is 0. The molecular weight excluding hydrogens is 228 g/mol. The van der Waals surface area contributed by atoms with Gasteiger partial charge in [0.25, 0.3) is 0 Å². The van der Waals surface area contributed by atoms with Crippen LogP contribution in [0.5, 0.6) is 0 Å². The van der Waals surface area contributed by atoms with Crippen LogP contribution in [0.1, 0.15) is 38.2 Å². The maximum Gasteiger partial charge on any atom is 0.206 e. The zero-order valence-corrected chi connectivity index (χ0v) is 12.4. The second-order valence-corrected chi connectivity index (χ2v) is 4.00. The average Bonchev–Trinajstić information content (AvgIpc) is 2.78. The van der Waals surface area contributed by atoms with Crippen LogP contribution in [0.15, 0.2) is 6.07 Å². The smallest absolute Gasteiger partial charge is 0.206 e. The Balaban J connectivity index is 0.000000415. The monoisotopic (exact) mass is 254 g/mol. The standard InChI is InChI=1S/C9H15N3.C2H5NO.C2H6/c1-7-6-9-8(2)11(3)4-5-12(9)10-7;1-3-2-4;1-2/h6,8H,4-5H2,1-3H3;2H,1H3,(H,3,4);1-2H3. The number of likely N-dealkylation sites (N-methyl/N-ethyl adjacent to an activating group) is 1. The van der Waals surface area contributed by atoms with Crippen LogP contribution >= 0.6 is 0 Å². The molecule has 0 saturated carbocycles. The van der Waals surface area contributed by atoms with Crippen molar-refractivity contribution < 1.29 is 4.79 Å². The summed E-state index contributed by atoms with van der Waals surface area (Å²) in [5.41, 5.74) is 2.48. The molecule has 0 radical (unpaired) electrons. The largest absolute Gasteiger partial charge is 0.362 e. The first-order valence-electron chi connectivity index (χ1n) is 6.45. The van der Waals surface area contributed by atoms with Crippen LogP contribution in [0.2, 0.25) is 0 Å². The molecule has 1 amide bonds. The van der Waals surface area contributed by atoms with E-state index in [1.54, 1.807) is 7.05 Å². The van der Waals surface area contributed by atoms with Crippen molar-refractivity contribution in [2.75, 3.05) is 20.6 Å². The Kier molecular flexibility index (Phi) is 8.03. The summed E-state index contributed by atoms with van der Waals surface area (Å²) in [5, 5.41) is 6.68. The predicted molar refractivity (Wildman–Crippen MR) is 74.5 cm³/mol. The van der Waals surface area contributed by atoms with Crippen molar-refractivity contribution in [1.82, 2.24) is 20.0 Å². The van der Waals surface area contributed by atoms with E-state index in [9.17, 15) is 0 Å². The number of hydrogen-bond acceptors (Lipinski definition) is 3. The lowest BCUT2D eigenvalue weighted by molar-refractivity contribution is -0.109. The first kappa shape index (κ1) is 16.6. The van der Waals surface area contributed by atoms with Gasteiger partial charge in [-0.2, -0.15) is 5.10 Å². The normalized spacial score (nSPS) is 17.6. The third kappa shape index (κ3) is 4.49. The van der Waals surface area contributed by atoms with Gasteiger partial charge in [0.05, 0.1) is 17.9 Å². The van der Waals surface area contributed by atoms with Gasteiger partial charge in [-0.3, -0.25) is 14.4 Å². The van der Waals surface area contributed by atoms with Gasteiger partial charge in [-0.25, -0.2) is 0 Å². The molecule has 0 aromatic carbocycles. The molecule has 1 atom stereocenters. The number of fused-ring (bicyclic) bond motifs is 1. The Labute approximate surface area is 110 Å². The van der Waals surface area contributed by atoms with Gasteiger partial charge in [-0.15, -0.1) is 0 Å². The Bertz CT molecular complexity index is 349. The molecule has 0 spiro atoms. The van der Waals surface area contributed by atoms with Gasteiger partial charge < -0.3 is 5.32 Å². The van der Waals surface area contributed by atoms with E-state index in [0.29, 0.717) is 12.5 Å². The minimum absolute atomic E-state index is 0.514. The van der Waals surface area contributed by atoms with E-state index in [0.717, 1.165) is 18.8 Å². The van der Waals surface area contributed by atoms with Gasteiger partial charge in [0, 0.05) is 19.6 Å². The van der Waals surface area contributed by atoms with Gasteiger partial charge in [0.1, 0.15) is 0 Å². The maximum absolute atomic E-state index is 9.06. The summed E-state index contributed by atoms with van der Waals surface area (Å²) in [6.07, 6.45) is 0.625. The minimum Gasteiger partial charge on any atom is -0.362 e. The fourth-order valence-electron chi connectivity index (χ4n) is 1.75. The number of nitrogens with one attached hydrogen (secondary N) is 1. The summed E-state index contributed by atoms with van der Waals surface area (Å²) in [7, 11) is 3.73. The van der Waals surface area contributed by atoms with Crippen molar-refractivity contribution in [2.24, 2.45) is 0 Å². The van der Waals surface area contributed by atoms with Gasteiger partial charge in [0.15, 0.2) is 0 Å². The lowest BCUT2D eigenvalue weighted by Crippen LogP contribution is -2.33. The Morgan fingerprint density at radius 2 is 2.00 bits per heavy atom. The number of carbonyl (C=O) groups excluding carboxylic acids is 1. The molecule has 2 rings (SSSR count). The van der Waals surface area contributed by atoms with Crippen molar-refractivity contribution in [3.63, 3.8) is 0 Å². The summed E-state index contributed by atoms with van der Waals surface area (Å²) in [4.78, 5) is 11.4. The molecule has 1 N–H and O–H groups in total. The zero-order valence-electron chi connectivity index (χ0n) is 12.4. The van der Waals surface area contributed by atoms with Crippen molar-refractivity contribution >= 4 is 6.41 Å². The van der Waals surface area contributed by atoms with Crippen LogP contribution in [-0.4, -0.2) is 41.7 Å². The van der Waals surface area contributed by atoms with Crippen LogP contribution in [0, 0.1) is 6.92 Å². The van der Waals surface area contributed by atoms with Crippen molar-refractivity contribution in [1.29, 1.82) is 0 Å². The van der Waals surface area contributed by atoms with E-state index >= 15 is 0 Å². The van der Waals surface area contributed by atoms with E-state index < -0.39 is 0 Å². The lowest BCUT2D eigenvalue weighted by Gasteiger charge is -2.30. The van der Waals surface area contributed by atoms with Crippen LogP contribution in [0.3, 0.4) is 0 Å². The number of amides is 1. The van der Waals surface area contributed by atoms with Crippen molar-refractivity contribution in [3.05, 3.63) is 17.5 Å². The van der Waals surface area contributed by atoms with E-state index in [1.165, 1.54) is 5.69 Å². The van der Waals surface area contributed by atoms with E-state index in [1.807, 2.05) is 13.8 Å². The summed E-state index contributed by atoms with van der Waals surface area (Å²) in [6.45, 7) is 10.4. The summed E-state index contributed by atoms with van der Waals surface area (Å²) < 4.78 is 2.12. The van der Waals surface area contributed by atoms with Crippen LogP contribution in [0.25, 0.3) is 0 Å². The second kappa shape index (κ2) is 8.69. The molecule has 1 aliphatic rings. The third-order valence-corrected chi connectivity index (χ3v) is 2.80. The molecule has 0 bridgehead atoms. The van der Waals surface area contributed by atoms with E-state index in [-0.39, 0.29) is 0 Å². The molecule has 0 saturated heterocycles. The number of nitrogens with zero attached hydrogens (tertiary/aromatic N) is 3. The highest BCUT2D eigenvalue weighted by atomic mass is 16.1. The third-order valence-electron chi connectivity index (χ3n) is 2.80. The number of carbonyl (C=O) groups is 1. The van der Waals surface area contributed by atoms with Gasteiger partial charge in [0.2, 0.25) is 6.41 Å². The SMILES string of the molecule is CC.CNC=O.Cc1cc2n(n1)CCN(C)C2C. The maximum atomic E-state index is 9.06. The average molecular weight is 254 g/mol. The molecular formula is C13H26N4O. The molecule has 2 heterocycles. The highest BCUT2D eigenvalue weighted by Gasteiger charge is 2.21. The number of rotatable bonds is 1. The number of aryl methyl sites for hydroxylation is 1. The zero-order chi connectivity index (χ0) is 14.1. The van der Waals surface area contributed by atoms with Crippen LogP contribution < -0.4 is 5.32 Å². The van der Waals surface area contributed by atoms with E-state index in [4.69, 9.17) is 4.79 Å². The fourth-order valence-corrected chi connectivity index (χ4v) is 1.75. The molecule has 1 aliphatic heterocycles. The highest BCUT2D eigenvalue weighted by molar-refractivity contribution is 5.44. The molecule has 0 aliphatic carbocycles. The van der Waals surface area contributed by atoms with Crippen molar-refractivity contribution in [3.8, 4) is 0 Å². The summed E-state index contributed by atoms with van der Waals surface area (Å²) in [5.74, 6) is 0. The lowest BCUT2D eigenvalue weighted by atomic mass is 10.1. The molecule has 0 fully saturated rings. The minimum atomic E-state index is 0.514.